The number of nitrogens with one attached hydrogen (secondary N) is 1. The van der Waals surface area contributed by atoms with E-state index in [0.29, 0.717) is 43.2 Å². The molecule has 1 fully saturated rings. The second-order valence-electron chi connectivity index (χ2n) is 7.25. The van der Waals surface area contributed by atoms with Gasteiger partial charge in [0, 0.05) is 13.1 Å². The molecule has 8 heteroatoms. The summed E-state index contributed by atoms with van der Waals surface area (Å²) in [6.07, 6.45) is 1.26. The lowest BCUT2D eigenvalue weighted by Crippen LogP contribution is -2.43. The largest absolute Gasteiger partial charge is 0.496 e. The van der Waals surface area contributed by atoms with Crippen molar-refractivity contribution in [3.05, 3.63) is 48.0 Å². The number of methoxy groups -OCH3 is 1. The van der Waals surface area contributed by atoms with E-state index < -0.39 is 15.9 Å². The van der Waals surface area contributed by atoms with E-state index in [1.165, 1.54) is 4.31 Å². The van der Waals surface area contributed by atoms with Gasteiger partial charge < -0.3 is 14.8 Å². The number of nitrogens with zero attached hydrogens (tertiary/aromatic N) is 1. The summed E-state index contributed by atoms with van der Waals surface area (Å²) >= 11 is 0. The third-order valence-corrected chi connectivity index (χ3v) is 7.06. The van der Waals surface area contributed by atoms with Gasteiger partial charge in [0.05, 0.1) is 30.2 Å². The molecule has 1 heterocycles. The SMILES string of the molecule is CCOc1ccccc1NC(=O)[C@H]1CCCN(S(=O)(=O)c2ccc(OC)c(C)c2)C1. The van der Waals surface area contributed by atoms with Crippen LogP contribution in [0.3, 0.4) is 0 Å². The van der Waals surface area contributed by atoms with E-state index >= 15 is 0 Å². The zero-order valence-corrected chi connectivity index (χ0v) is 18.4. The number of aryl methyl sites for hydroxylation is 1. The molecule has 0 radical (unpaired) electrons. The topological polar surface area (TPSA) is 84.9 Å². The minimum Gasteiger partial charge on any atom is -0.496 e. The van der Waals surface area contributed by atoms with Crippen molar-refractivity contribution in [2.45, 2.75) is 31.6 Å². The molecule has 0 saturated carbocycles. The van der Waals surface area contributed by atoms with Crippen LogP contribution in [0.2, 0.25) is 0 Å². The Morgan fingerprint density at radius 1 is 1.20 bits per heavy atom. The maximum absolute atomic E-state index is 13.1. The van der Waals surface area contributed by atoms with Crippen LogP contribution in [0.5, 0.6) is 11.5 Å². The van der Waals surface area contributed by atoms with E-state index in [9.17, 15) is 13.2 Å². The fourth-order valence-corrected chi connectivity index (χ4v) is 5.23. The normalized spacial score (nSPS) is 17.4. The lowest BCUT2D eigenvalue weighted by Gasteiger charge is -2.31. The number of rotatable bonds is 7. The van der Waals surface area contributed by atoms with Gasteiger partial charge in [-0.1, -0.05) is 12.1 Å². The van der Waals surface area contributed by atoms with Crippen LogP contribution in [0.15, 0.2) is 47.4 Å². The molecule has 1 aliphatic heterocycles. The van der Waals surface area contributed by atoms with Gasteiger partial charge >= 0.3 is 0 Å². The van der Waals surface area contributed by atoms with Crippen molar-refractivity contribution >= 4 is 21.6 Å². The predicted octanol–water partition coefficient (Wildman–Crippen LogP) is 3.44. The molecule has 1 N–H and O–H groups in total. The molecule has 1 aliphatic rings. The Bertz CT molecular complexity index is 1010. The van der Waals surface area contributed by atoms with Gasteiger partial charge in [0.25, 0.3) is 0 Å². The number of amides is 1. The highest BCUT2D eigenvalue weighted by Crippen LogP contribution is 2.29. The first-order valence-electron chi connectivity index (χ1n) is 10.0. The molecule has 0 aliphatic carbocycles. The van der Waals surface area contributed by atoms with Crippen LogP contribution in [0.25, 0.3) is 0 Å². The lowest BCUT2D eigenvalue weighted by atomic mass is 9.98. The molecule has 30 heavy (non-hydrogen) atoms. The van der Waals surface area contributed by atoms with Crippen LogP contribution < -0.4 is 14.8 Å². The van der Waals surface area contributed by atoms with E-state index in [1.807, 2.05) is 19.1 Å². The number of piperidine rings is 1. The van der Waals surface area contributed by atoms with E-state index in [-0.39, 0.29) is 17.3 Å². The minimum absolute atomic E-state index is 0.149. The standard InChI is InChI=1S/C22H28N2O5S/c1-4-29-21-10-6-5-9-19(21)23-22(25)17-8-7-13-24(15-17)30(26,27)18-11-12-20(28-3)16(2)14-18/h5-6,9-12,14,17H,4,7-8,13,15H2,1-3H3,(H,23,25)/t17-/m0/s1. The molecule has 0 unspecified atom stereocenters. The molecular weight excluding hydrogens is 404 g/mol. The minimum atomic E-state index is -3.69. The highest BCUT2D eigenvalue weighted by atomic mass is 32.2. The van der Waals surface area contributed by atoms with Gasteiger partial charge in [-0.25, -0.2) is 8.42 Å². The number of carbonyl (C=O) groups is 1. The third kappa shape index (κ3) is 4.76. The molecular formula is C22H28N2O5S. The van der Waals surface area contributed by atoms with Gasteiger partial charge in [0.2, 0.25) is 15.9 Å². The third-order valence-electron chi connectivity index (χ3n) is 5.20. The van der Waals surface area contributed by atoms with Crippen LogP contribution in [-0.4, -0.2) is 45.4 Å². The molecule has 0 spiro atoms. The first-order chi connectivity index (χ1) is 14.4. The van der Waals surface area contributed by atoms with Crippen LogP contribution in [0.4, 0.5) is 5.69 Å². The Morgan fingerprint density at radius 3 is 2.67 bits per heavy atom. The number of hydrogen-bond donors (Lipinski definition) is 1. The number of ether oxygens (including phenoxy) is 2. The molecule has 2 aromatic rings. The Labute approximate surface area is 178 Å². The van der Waals surface area contributed by atoms with Gasteiger partial charge in [-0.2, -0.15) is 4.31 Å². The van der Waals surface area contributed by atoms with Crippen molar-refractivity contribution in [1.29, 1.82) is 0 Å². The van der Waals surface area contributed by atoms with E-state index in [4.69, 9.17) is 9.47 Å². The van der Waals surface area contributed by atoms with Crippen LogP contribution in [0.1, 0.15) is 25.3 Å². The second-order valence-corrected chi connectivity index (χ2v) is 9.19. The van der Waals surface area contributed by atoms with Crippen LogP contribution in [0, 0.1) is 12.8 Å². The fourth-order valence-electron chi connectivity index (χ4n) is 3.62. The molecule has 1 amide bonds. The summed E-state index contributed by atoms with van der Waals surface area (Å²) in [5, 5.41) is 2.90. The van der Waals surface area contributed by atoms with Crippen molar-refractivity contribution in [2.75, 3.05) is 32.1 Å². The van der Waals surface area contributed by atoms with E-state index in [0.717, 1.165) is 5.56 Å². The van der Waals surface area contributed by atoms with Crippen molar-refractivity contribution in [3.63, 3.8) is 0 Å². The maximum Gasteiger partial charge on any atom is 0.243 e. The Morgan fingerprint density at radius 2 is 1.97 bits per heavy atom. The maximum atomic E-state index is 13.1. The van der Waals surface area contributed by atoms with Gasteiger partial charge in [0.15, 0.2) is 0 Å². The lowest BCUT2D eigenvalue weighted by molar-refractivity contribution is -0.120. The molecule has 162 valence electrons. The molecule has 7 nitrogen and oxygen atoms in total. The highest BCUT2D eigenvalue weighted by molar-refractivity contribution is 7.89. The van der Waals surface area contributed by atoms with E-state index in [2.05, 4.69) is 5.32 Å². The molecule has 1 atom stereocenters. The fraction of sp³-hybridized carbons (Fsp3) is 0.409. The highest BCUT2D eigenvalue weighted by Gasteiger charge is 2.33. The predicted molar refractivity (Wildman–Crippen MR) is 115 cm³/mol. The zero-order valence-electron chi connectivity index (χ0n) is 17.6. The van der Waals surface area contributed by atoms with Crippen LogP contribution in [-0.2, 0) is 14.8 Å². The van der Waals surface area contributed by atoms with E-state index in [1.54, 1.807) is 44.4 Å². The van der Waals surface area contributed by atoms with Crippen molar-refractivity contribution in [2.24, 2.45) is 5.92 Å². The summed E-state index contributed by atoms with van der Waals surface area (Å²) in [4.78, 5) is 13.1. The molecule has 1 saturated heterocycles. The van der Waals surface area contributed by atoms with Gasteiger partial charge in [0.1, 0.15) is 11.5 Å². The number of hydrogen-bond acceptors (Lipinski definition) is 5. The number of benzene rings is 2. The average Bonchev–Trinajstić information content (AvgIpc) is 2.75. The Hall–Kier alpha value is -2.58. The quantitative estimate of drug-likeness (QED) is 0.724. The summed E-state index contributed by atoms with van der Waals surface area (Å²) in [6, 6.07) is 12.0. The Balaban J connectivity index is 1.75. The summed E-state index contributed by atoms with van der Waals surface area (Å²) in [5.74, 6) is 0.607. The summed E-state index contributed by atoms with van der Waals surface area (Å²) < 4.78 is 38.5. The monoisotopic (exact) mass is 432 g/mol. The average molecular weight is 433 g/mol. The summed E-state index contributed by atoms with van der Waals surface area (Å²) in [6.45, 7) is 4.72. The molecule has 3 rings (SSSR count). The molecule has 0 aromatic heterocycles. The summed E-state index contributed by atoms with van der Waals surface area (Å²) in [7, 11) is -2.14. The van der Waals surface area contributed by atoms with Gasteiger partial charge in [-0.15, -0.1) is 0 Å². The molecule has 2 aromatic carbocycles. The van der Waals surface area contributed by atoms with Gasteiger partial charge in [-0.05, 0) is 62.6 Å². The van der Waals surface area contributed by atoms with Gasteiger partial charge in [-0.3, -0.25) is 4.79 Å². The van der Waals surface area contributed by atoms with Crippen molar-refractivity contribution in [3.8, 4) is 11.5 Å². The zero-order chi connectivity index (χ0) is 21.7. The number of carbonyl (C=O) groups excluding carboxylic acids is 1. The van der Waals surface area contributed by atoms with Crippen molar-refractivity contribution in [1.82, 2.24) is 4.31 Å². The Kier molecular flexibility index (Phi) is 6.99. The first kappa shape index (κ1) is 22.1. The summed E-state index contributed by atoms with van der Waals surface area (Å²) in [5.41, 5.74) is 1.34. The van der Waals surface area contributed by atoms with Crippen molar-refractivity contribution < 1.29 is 22.7 Å². The number of sulfonamides is 1. The molecule has 0 bridgehead atoms. The first-order valence-corrected chi connectivity index (χ1v) is 11.5. The second kappa shape index (κ2) is 9.49. The van der Waals surface area contributed by atoms with Crippen LogP contribution >= 0.6 is 0 Å². The number of anilines is 1. The smallest absolute Gasteiger partial charge is 0.243 e. The number of para-hydroxylation sites is 2.